The van der Waals surface area contributed by atoms with Crippen molar-refractivity contribution in [2.45, 2.75) is 44.7 Å². The zero-order valence-electron chi connectivity index (χ0n) is 12.3. The Bertz CT molecular complexity index is 544. The van der Waals surface area contributed by atoms with Crippen LogP contribution in [-0.4, -0.2) is 12.1 Å². The average Bonchev–Trinajstić information content (AvgIpc) is 2.89. The van der Waals surface area contributed by atoms with E-state index in [1.165, 1.54) is 29.5 Å². The quantitative estimate of drug-likeness (QED) is 0.855. The van der Waals surface area contributed by atoms with Gasteiger partial charge in [0, 0.05) is 18.0 Å². The predicted octanol–water partition coefficient (Wildman–Crippen LogP) is 4.60. The van der Waals surface area contributed by atoms with Crippen molar-refractivity contribution < 1.29 is 0 Å². The summed E-state index contributed by atoms with van der Waals surface area (Å²) >= 11 is 0. The molecule has 3 atom stereocenters. The molecule has 0 aromatic heterocycles. The number of hydrogen-bond acceptors (Lipinski definition) is 1. The Labute approximate surface area is 122 Å². The standard InChI is InChI=1S/C19H23N/c1-3-19-18(13-14(2)20-19)17-11-9-16(10-12-17)15-7-5-4-6-8-15/h4-12,14,18-20H,3,13H2,1-2H3. The fourth-order valence-electron chi connectivity index (χ4n) is 3.42. The number of hydrogen-bond donors (Lipinski definition) is 1. The molecule has 2 aromatic carbocycles. The summed E-state index contributed by atoms with van der Waals surface area (Å²) in [4.78, 5) is 0. The Kier molecular flexibility index (Phi) is 3.88. The Morgan fingerprint density at radius 1 is 0.950 bits per heavy atom. The molecule has 1 fully saturated rings. The summed E-state index contributed by atoms with van der Waals surface area (Å²) < 4.78 is 0. The highest BCUT2D eigenvalue weighted by atomic mass is 15.0. The summed E-state index contributed by atoms with van der Waals surface area (Å²) in [6.45, 7) is 4.57. The van der Waals surface area contributed by atoms with E-state index in [9.17, 15) is 0 Å². The van der Waals surface area contributed by atoms with Gasteiger partial charge in [0.05, 0.1) is 0 Å². The van der Waals surface area contributed by atoms with Gasteiger partial charge in [0.2, 0.25) is 0 Å². The molecule has 3 rings (SSSR count). The van der Waals surface area contributed by atoms with Crippen LogP contribution in [0.1, 0.15) is 38.2 Å². The lowest BCUT2D eigenvalue weighted by Gasteiger charge is -2.18. The first-order valence-corrected chi connectivity index (χ1v) is 7.69. The molecule has 1 saturated heterocycles. The zero-order chi connectivity index (χ0) is 13.9. The monoisotopic (exact) mass is 265 g/mol. The van der Waals surface area contributed by atoms with Crippen LogP contribution in [0.2, 0.25) is 0 Å². The highest BCUT2D eigenvalue weighted by Crippen LogP contribution is 2.33. The van der Waals surface area contributed by atoms with Crippen LogP contribution >= 0.6 is 0 Å². The normalized spacial score (nSPS) is 25.8. The largest absolute Gasteiger partial charge is 0.311 e. The molecule has 1 aliphatic heterocycles. The lowest BCUT2D eigenvalue weighted by Crippen LogP contribution is -2.28. The zero-order valence-corrected chi connectivity index (χ0v) is 12.3. The molecule has 1 N–H and O–H groups in total. The van der Waals surface area contributed by atoms with E-state index in [2.05, 4.69) is 73.8 Å². The van der Waals surface area contributed by atoms with Crippen molar-refractivity contribution in [3.8, 4) is 11.1 Å². The van der Waals surface area contributed by atoms with Gasteiger partial charge in [-0.3, -0.25) is 0 Å². The molecule has 0 aliphatic carbocycles. The van der Waals surface area contributed by atoms with Gasteiger partial charge in [0.1, 0.15) is 0 Å². The second kappa shape index (κ2) is 5.80. The maximum atomic E-state index is 3.70. The summed E-state index contributed by atoms with van der Waals surface area (Å²) in [6, 6.07) is 21.0. The molecule has 1 heterocycles. The molecule has 1 aliphatic rings. The van der Waals surface area contributed by atoms with E-state index in [0.717, 1.165) is 0 Å². The number of nitrogens with one attached hydrogen (secondary N) is 1. The summed E-state index contributed by atoms with van der Waals surface area (Å²) in [7, 11) is 0. The molecule has 0 amide bonds. The van der Waals surface area contributed by atoms with Crippen molar-refractivity contribution >= 4 is 0 Å². The Morgan fingerprint density at radius 3 is 2.25 bits per heavy atom. The molecule has 1 nitrogen and oxygen atoms in total. The highest BCUT2D eigenvalue weighted by Gasteiger charge is 2.30. The fourth-order valence-corrected chi connectivity index (χ4v) is 3.42. The minimum Gasteiger partial charge on any atom is -0.311 e. The Balaban J connectivity index is 1.83. The van der Waals surface area contributed by atoms with Gasteiger partial charge in [-0.05, 0) is 36.5 Å². The second-order valence-corrected chi connectivity index (χ2v) is 5.91. The Hall–Kier alpha value is -1.60. The fraction of sp³-hybridized carbons (Fsp3) is 0.368. The van der Waals surface area contributed by atoms with Gasteiger partial charge in [0.15, 0.2) is 0 Å². The minimum atomic E-state index is 0.632. The van der Waals surface area contributed by atoms with E-state index in [-0.39, 0.29) is 0 Å². The van der Waals surface area contributed by atoms with Gasteiger partial charge in [-0.15, -0.1) is 0 Å². The minimum absolute atomic E-state index is 0.632. The first-order valence-electron chi connectivity index (χ1n) is 7.69. The maximum absolute atomic E-state index is 3.70. The smallest absolute Gasteiger partial charge is 0.0136 e. The molecular weight excluding hydrogens is 242 g/mol. The third-order valence-electron chi connectivity index (χ3n) is 4.48. The van der Waals surface area contributed by atoms with Crippen LogP contribution in [0, 0.1) is 0 Å². The van der Waals surface area contributed by atoms with Crippen molar-refractivity contribution in [3.63, 3.8) is 0 Å². The molecule has 0 radical (unpaired) electrons. The van der Waals surface area contributed by atoms with Crippen LogP contribution in [-0.2, 0) is 0 Å². The summed E-state index contributed by atoms with van der Waals surface area (Å²) in [5.41, 5.74) is 4.08. The van der Waals surface area contributed by atoms with E-state index >= 15 is 0 Å². The predicted molar refractivity (Wildman–Crippen MR) is 85.9 cm³/mol. The third kappa shape index (κ3) is 2.64. The topological polar surface area (TPSA) is 12.0 Å². The molecule has 3 unspecified atom stereocenters. The van der Waals surface area contributed by atoms with Crippen LogP contribution in [0.3, 0.4) is 0 Å². The summed E-state index contributed by atoms with van der Waals surface area (Å²) in [6.07, 6.45) is 2.46. The van der Waals surface area contributed by atoms with E-state index in [0.29, 0.717) is 18.0 Å². The van der Waals surface area contributed by atoms with Crippen LogP contribution in [0.4, 0.5) is 0 Å². The van der Waals surface area contributed by atoms with Crippen molar-refractivity contribution in [2.24, 2.45) is 0 Å². The Morgan fingerprint density at radius 2 is 1.60 bits per heavy atom. The summed E-state index contributed by atoms with van der Waals surface area (Å²) in [5.74, 6) is 0.667. The van der Waals surface area contributed by atoms with Crippen molar-refractivity contribution in [2.75, 3.05) is 0 Å². The summed E-state index contributed by atoms with van der Waals surface area (Å²) in [5, 5.41) is 3.70. The van der Waals surface area contributed by atoms with E-state index < -0.39 is 0 Å². The lowest BCUT2D eigenvalue weighted by molar-refractivity contribution is 0.517. The van der Waals surface area contributed by atoms with Crippen LogP contribution in [0.25, 0.3) is 11.1 Å². The highest BCUT2D eigenvalue weighted by molar-refractivity contribution is 5.63. The molecule has 104 valence electrons. The number of rotatable bonds is 3. The van der Waals surface area contributed by atoms with Crippen LogP contribution in [0.15, 0.2) is 54.6 Å². The molecule has 0 bridgehead atoms. The molecule has 20 heavy (non-hydrogen) atoms. The molecular formula is C19H23N. The van der Waals surface area contributed by atoms with Gasteiger partial charge in [-0.25, -0.2) is 0 Å². The second-order valence-electron chi connectivity index (χ2n) is 5.91. The van der Waals surface area contributed by atoms with E-state index in [1.807, 2.05) is 0 Å². The molecule has 0 saturated carbocycles. The maximum Gasteiger partial charge on any atom is 0.0136 e. The van der Waals surface area contributed by atoms with Gasteiger partial charge >= 0.3 is 0 Å². The first kappa shape index (κ1) is 13.4. The van der Waals surface area contributed by atoms with Crippen molar-refractivity contribution in [3.05, 3.63) is 60.2 Å². The lowest BCUT2D eigenvalue weighted by atomic mass is 9.89. The molecule has 1 heteroatoms. The van der Waals surface area contributed by atoms with Gasteiger partial charge in [-0.2, -0.15) is 0 Å². The van der Waals surface area contributed by atoms with Crippen LogP contribution < -0.4 is 5.32 Å². The van der Waals surface area contributed by atoms with Gasteiger partial charge in [0.25, 0.3) is 0 Å². The van der Waals surface area contributed by atoms with E-state index in [1.54, 1.807) is 0 Å². The van der Waals surface area contributed by atoms with Gasteiger partial charge in [-0.1, -0.05) is 61.5 Å². The van der Waals surface area contributed by atoms with Crippen LogP contribution in [0.5, 0.6) is 0 Å². The number of benzene rings is 2. The van der Waals surface area contributed by atoms with Gasteiger partial charge < -0.3 is 5.32 Å². The molecule has 2 aromatic rings. The SMILES string of the molecule is CCC1NC(C)CC1c1ccc(-c2ccccc2)cc1. The van der Waals surface area contributed by atoms with E-state index in [4.69, 9.17) is 0 Å². The third-order valence-corrected chi connectivity index (χ3v) is 4.48. The van der Waals surface area contributed by atoms with Crippen molar-refractivity contribution in [1.82, 2.24) is 5.32 Å². The molecule has 0 spiro atoms. The average molecular weight is 265 g/mol. The van der Waals surface area contributed by atoms with Crippen molar-refractivity contribution in [1.29, 1.82) is 0 Å². The first-order chi connectivity index (χ1) is 9.78.